The SMILES string of the molecule is COc1ccc2c(c1)O/C(=C\c1ccc(Cl)cc1Cl)C2=O. The zero-order valence-corrected chi connectivity index (χ0v) is 12.5. The Bertz CT molecular complexity index is 766. The van der Waals surface area contributed by atoms with Crippen molar-refractivity contribution in [3.63, 3.8) is 0 Å². The molecule has 0 spiro atoms. The molecule has 3 rings (SSSR count). The molecule has 0 saturated carbocycles. The predicted molar refractivity (Wildman–Crippen MR) is 82.4 cm³/mol. The molecule has 1 heterocycles. The Morgan fingerprint density at radius 2 is 1.95 bits per heavy atom. The summed E-state index contributed by atoms with van der Waals surface area (Å²) in [7, 11) is 1.56. The molecule has 106 valence electrons. The molecule has 0 radical (unpaired) electrons. The van der Waals surface area contributed by atoms with Gasteiger partial charge in [0.1, 0.15) is 11.5 Å². The van der Waals surface area contributed by atoms with Gasteiger partial charge in [0.2, 0.25) is 5.78 Å². The molecule has 1 aliphatic rings. The largest absolute Gasteiger partial charge is 0.497 e. The summed E-state index contributed by atoms with van der Waals surface area (Å²) in [6.07, 6.45) is 1.60. The Balaban J connectivity index is 1.98. The second kappa shape index (κ2) is 5.43. The van der Waals surface area contributed by atoms with Crippen LogP contribution in [0.25, 0.3) is 6.08 Å². The van der Waals surface area contributed by atoms with Crippen molar-refractivity contribution < 1.29 is 14.3 Å². The first kappa shape index (κ1) is 14.0. The number of Topliss-reactive ketones (excluding diaryl/α,β-unsaturated/α-hetero) is 1. The average Bonchev–Trinajstić information content (AvgIpc) is 2.78. The number of ether oxygens (including phenoxy) is 2. The summed E-state index contributed by atoms with van der Waals surface area (Å²) in [5, 5.41) is 0.994. The molecule has 0 atom stereocenters. The summed E-state index contributed by atoms with van der Waals surface area (Å²) in [6, 6.07) is 10.1. The van der Waals surface area contributed by atoms with E-state index >= 15 is 0 Å². The Hall–Kier alpha value is -1.97. The fraction of sp³-hybridized carbons (Fsp3) is 0.0625. The van der Waals surface area contributed by atoms with Crippen LogP contribution in [0.4, 0.5) is 0 Å². The van der Waals surface area contributed by atoms with Crippen molar-refractivity contribution in [2.75, 3.05) is 7.11 Å². The number of rotatable bonds is 2. The Labute approximate surface area is 131 Å². The first-order valence-electron chi connectivity index (χ1n) is 6.16. The van der Waals surface area contributed by atoms with Gasteiger partial charge in [0, 0.05) is 16.1 Å². The topological polar surface area (TPSA) is 35.5 Å². The van der Waals surface area contributed by atoms with Gasteiger partial charge < -0.3 is 9.47 Å². The Kier molecular flexibility index (Phi) is 3.62. The number of benzene rings is 2. The number of halogens is 2. The van der Waals surface area contributed by atoms with E-state index in [1.807, 2.05) is 0 Å². The summed E-state index contributed by atoms with van der Waals surface area (Å²) in [5.74, 6) is 1.16. The molecule has 0 unspecified atom stereocenters. The minimum atomic E-state index is -0.182. The van der Waals surface area contributed by atoms with Gasteiger partial charge in [-0.05, 0) is 35.9 Å². The Morgan fingerprint density at radius 1 is 1.14 bits per heavy atom. The highest BCUT2D eigenvalue weighted by molar-refractivity contribution is 6.35. The van der Waals surface area contributed by atoms with E-state index in [9.17, 15) is 4.79 Å². The third-order valence-corrected chi connectivity index (χ3v) is 3.69. The summed E-state index contributed by atoms with van der Waals surface area (Å²) in [5.41, 5.74) is 1.18. The van der Waals surface area contributed by atoms with Crippen molar-refractivity contribution >= 4 is 35.1 Å². The van der Waals surface area contributed by atoms with Crippen LogP contribution in [0.1, 0.15) is 15.9 Å². The third-order valence-electron chi connectivity index (χ3n) is 3.13. The maximum absolute atomic E-state index is 12.3. The van der Waals surface area contributed by atoms with Crippen molar-refractivity contribution in [2.45, 2.75) is 0 Å². The van der Waals surface area contributed by atoms with Gasteiger partial charge in [-0.15, -0.1) is 0 Å². The van der Waals surface area contributed by atoms with Crippen LogP contribution in [0.15, 0.2) is 42.2 Å². The van der Waals surface area contributed by atoms with E-state index in [-0.39, 0.29) is 11.5 Å². The zero-order chi connectivity index (χ0) is 15.0. The van der Waals surface area contributed by atoms with Crippen LogP contribution in [0.5, 0.6) is 11.5 Å². The highest BCUT2D eigenvalue weighted by Gasteiger charge is 2.27. The Morgan fingerprint density at radius 3 is 2.67 bits per heavy atom. The van der Waals surface area contributed by atoms with E-state index in [4.69, 9.17) is 32.7 Å². The van der Waals surface area contributed by atoms with Crippen LogP contribution in [-0.4, -0.2) is 12.9 Å². The smallest absolute Gasteiger partial charge is 0.231 e. The third kappa shape index (κ3) is 2.62. The minimum Gasteiger partial charge on any atom is -0.497 e. The number of hydrogen-bond acceptors (Lipinski definition) is 3. The quantitative estimate of drug-likeness (QED) is 0.757. The zero-order valence-electron chi connectivity index (χ0n) is 11.0. The van der Waals surface area contributed by atoms with Gasteiger partial charge in [0.15, 0.2) is 5.76 Å². The van der Waals surface area contributed by atoms with Gasteiger partial charge >= 0.3 is 0 Å². The van der Waals surface area contributed by atoms with Gasteiger partial charge in [0.25, 0.3) is 0 Å². The van der Waals surface area contributed by atoms with Crippen molar-refractivity contribution in [1.82, 2.24) is 0 Å². The molecule has 21 heavy (non-hydrogen) atoms. The highest BCUT2D eigenvalue weighted by Crippen LogP contribution is 2.35. The lowest BCUT2D eigenvalue weighted by Gasteiger charge is -2.02. The van der Waals surface area contributed by atoms with E-state index in [0.29, 0.717) is 32.7 Å². The molecule has 1 aliphatic heterocycles. The normalized spacial score (nSPS) is 15.0. The number of hydrogen-bond donors (Lipinski definition) is 0. The summed E-state index contributed by atoms with van der Waals surface area (Å²) >= 11 is 12.0. The molecule has 2 aromatic rings. The molecule has 3 nitrogen and oxygen atoms in total. The molecular formula is C16H10Cl2O3. The lowest BCUT2D eigenvalue weighted by Crippen LogP contribution is -1.98. The maximum Gasteiger partial charge on any atom is 0.231 e. The van der Waals surface area contributed by atoms with Gasteiger partial charge in [-0.1, -0.05) is 29.3 Å². The second-order valence-corrected chi connectivity index (χ2v) is 5.31. The molecule has 5 heteroatoms. The van der Waals surface area contributed by atoms with Crippen molar-refractivity contribution in [2.24, 2.45) is 0 Å². The number of methoxy groups -OCH3 is 1. The van der Waals surface area contributed by atoms with Crippen LogP contribution < -0.4 is 9.47 Å². The molecule has 0 aliphatic carbocycles. The number of carbonyl (C=O) groups is 1. The minimum absolute atomic E-state index is 0.182. The first-order chi connectivity index (χ1) is 10.1. The van der Waals surface area contributed by atoms with E-state index in [1.165, 1.54) is 0 Å². The van der Waals surface area contributed by atoms with Crippen LogP contribution in [0.3, 0.4) is 0 Å². The van der Waals surface area contributed by atoms with Crippen LogP contribution >= 0.6 is 23.2 Å². The van der Waals surface area contributed by atoms with E-state index in [0.717, 1.165) is 0 Å². The standard InChI is InChI=1S/C16H10Cl2O3/c1-20-11-4-5-12-14(8-11)21-15(16(12)19)6-9-2-3-10(17)7-13(9)18/h2-8H,1H3/b15-6-. The van der Waals surface area contributed by atoms with Crippen LogP contribution in [0, 0.1) is 0 Å². The van der Waals surface area contributed by atoms with Crippen molar-refractivity contribution in [1.29, 1.82) is 0 Å². The summed E-state index contributed by atoms with van der Waals surface area (Å²) in [4.78, 5) is 12.3. The number of ketones is 1. The van der Waals surface area contributed by atoms with E-state index in [2.05, 4.69) is 0 Å². The van der Waals surface area contributed by atoms with Crippen LogP contribution in [-0.2, 0) is 0 Å². The van der Waals surface area contributed by atoms with E-state index in [1.54, 1.807) is 49.6 Å². The number of fused-ring (bicyclic) bond motifs is 1. The van der Waals surface area contributed by atoms with Gasteiger partial charge in [-0.2, -0.15) is 0 Å². The fourth-order valence-electron chi connectivity index (χ4n) is 2.05. The lowest BCUT2D eigenvalue weighted by molar-refractivity contribution is 0.101. The van der Waals surface area contributed by atoms with E-state index < -0.39 is 0 Å². The number of allylic oxidation sites excluding steroid dienone is 1. The molecule has 0 saturated heterocycles. The average molecular weight is 321 g/mol. The van der Waals surface area contributed by atoms with Gasteiger partial charge in [-0.25, -0.2) is 0 Å². The second-order valence-electron chi connectivity index (χ2n) is 4.47. The van der Waals surface area contributed by atoms with Crippen molar-refractivity contribution in [3.8, 4) is 11.5 Å². The summed E-state index contributed by atoms with van der Waals surface area (Å²) < 4.78 is 10.7. The molecule has 0 amide bonds. The molecule has 0 fully saturated rings. The molecule has 2 aromatic carbocycles. The lowest BCUT2D eigenvalue weighted by atomic mass is 10.1. The van der Waals surface area contributed by atoms with Gasteiger partial charge in [0.05, 0.1) is 12.7 Å². The van der Waals surface area contributed by atoms with Gasteiger partial charge in [-0.3, -0.25) is 4.79 Å². The molecule has 0 aromatic heterocycles. The maximum atomic E-state index is 12.3. The highest BCUT2D eigenvalue weighted by atomic mass is 35.5. The fourth-order valence-corrected chi connectivity index (χ4v) is 2.52. The molecule has 0 bridgehead atoms. The van der Waals surface area contributed by atoms with Crippen LogP contribution in [0.2, 0.25) is 10.0 Å². The predicted octanol–water partition coefficient (Wildman–Crippen LogP) is 4.62. The monoisotopic (exact) mass is 320 g/mol. The number of carbonyl (C=O) groups excluding carboxylic acids is 1. The molecule has 0 N–H and O–H groups in total. The van der Waals surface area contributed by atoms with Crippen molar-refractivity contribution in [3.05, 3.63) is 63.3 Å². The molecular weight excluding hydrogens is 311 g/mol. The first-order valence-corrected chi connectivity index (χ1v) is 6.91. The summed E-state index contributed by atoms with van der Waals surface area (Å²) in [6.45, 7) is 0.